The predicted octanol–water partition coefficient (Wildman–Crippen LogP) is 2.83. The van der Waals surface area contributed by atoms with Crippen LogP contribution >= 0.6 is 0 Å². The molecule has 3 atom stereocenters. The molecular weight excluding hydrogens is 162 g/mol. The SMILES string of the molecule is C[C@H]1C/C(=N/O)[C@@H]2CC=CC[C@@H]2C1. The highest BCUT2D eigenvalue weighted by atomic mass is 16.4. The standard InChI is InChI=1S/C11H17NO/c1-8-6-9-4-2-3-5-10(9)11(7-8)12-13/h2-3,8-10,13H,4-7H2,1H3/b12-11-/t8-,9-,10-/m1/s1. The van der Waals surface area contributed by atoms with Crippen LogP contribution in [0.3, 0.4) is 0 Å². The molecule has 1 fully saturated rings. The summed E-state index contributed by atoms with van der Waals surface area (Å²) in [7, 11) is 0. The van der Waals surface area contributed by atoms with Gasteiger partial charge >= 0.3 is 0 Å². The maximum atomic E-state index is 8.91. The molecule has 0 unspecified atom stereocenters. The minimum absolute atomic E-state index is 0.534. The van der Waals surface area contributed by atoms with Gasteiger partial charge in [-0.1, -0.05) is 24.2 Å². The van der Waals surface area contributed by atoms with Gasteiger partial charge in [0.05, 0.1) is 5.71 Å². The molecule has 13 heavy (non-hydrogen) atoms. The second-order valence-electron chi connectivity index (χ2n) is 4.45. The molecule has 2 aliphatic rings. The first-order valence-corrected chi connectivity index (χ1v) is 5.17. The van der Waals surface area contributed by atoms with Crippen LogP contribution in [-0.4, -0.2) is 10.9 Å². The molecule has 2 nitrogen and oxygen atoms in total. The molecule has 0 radical (unpaired) electrons. The van der Waals surface area contributed by atoms with E-state index in [0.29, 0.717) is 11.8 Å². The molecule has 2 aliphatic carbocycles. The van der Waals surface area contributed by atoms with Crippen LogP contribution in [0.5, 0.6) is 0 Å². The molecule has 0 aliphatic heterocycles. The van der Waals surface area contributed by atoms with E-state index in [1.165, 1.54) is 12.8 Å². The van der Waals surface area contributed by atoms with Crippen LogP contribution in [0, 0.1) is 17.8 Å². The number of oxime groups is 1. The smallest absolute Gasteiger partial charge is 0.0610 e. The van der Waals surface area contributed by atoms with E-state index < -0.39 is 0 Å². The lowest BCUT2D eigenvalue weighted by atomic mass is 9.69. The van der Waals surface area contributed by atoms with Crippen LogP contribution in [-0.2, 0) is 0 Å². The van der Waals surface area contributed by atoms with E-state index in [0.717, 1.165) is 24.5 Å². The van der Waals surface area contributed by atoms with Gasteiger partial charge in [-0.2, -0.15) is 0 Å². The summed E-state index contributed by atoms with van der Waals surface area (Å²) in [4.78, 5) is 0. The Hall–Kier alpha value is -0.790. The maximum Gasteiger partial charge on any atom is 0.0610 e. The summed E-state index contributed by atoms with van der Waals surface area (Å²) in [5.41, 5.74) is 1.04. The van der Waals surface area contributed by atoms with Crippen molar-refractivity contribution in [3.63, 3.8) is 0 Å². The lowest BCUT2D eigenvalue weighted by Crippen LogP contribution is -2.33. The molecule has 1 saturated carbocycles. The van der Waals surface area contributed by atoms with Gasteiger partial charge in [-0.25, -0.2) is 0 Å². The quantitative estimate of drug-likeness (QED) is 0.346. The van der Waals surface area contributed by atoms with Crippen molar-refractivity contribution in [2.45, 2.75) is 32.6 Å². The fourth-order valence-electron chi connectivity index (χ4n) is 2.76. The monoisotopic (exact) mass is 179 g/mol. The van der Waals surface area contributed by atoms with Crippen molar-refractivity contribution < 1.29 is 5.21 Å². The first-order valence-electron chi connectivity index (χ1n) is 5.17. The van der Waals surface area contributed by atoms with E-state index in [1.54, 1.807) is 0 Å². The van der Waals surface area contributed by atoms with Gasteiger partial charge in [0.15, 0.2) is 0 Å². The first-order chi connectivity index (χ1) is 6.31. The average molecular weight is 179 g/mol. The summed E-state index contributed by atoms with van der Waals surface area (Å²) in [6, 6.07) is 0. The zero-order chi connectivity index (χ0) is 9.26. The van der Waals surface area contributed by atoms with Crippen LogP contribution < -0.4 is 0 Å². The van der Waals surface area contributed by atoms with Gasteiger partial charge in [0.1, 0.15) is 0 Å². The Kier molecular flexibility index (Phi) is 2.38. The molecule has 0 aromatic heterocycles. The summed E-state index contributed by atoms with van der Waals surface area (Å²) >= 11 is 0. The molecule has 72 valence electrons. The highest BCUT2D eigenvalue weighted by Gasteiger charge is 2.33. The van der Waals surface area contributed by atoms with Crippen LogP contribution in [0.1, 0.15) is 32.6 Å². The molecule has 0 bridgehead atoms. The summed E-state index contributed by atoms with van der Waals surface area (Å²) < 4.78 is 0. The van der Waals surface area contributed by atoms with Crippen molar-refractivity contribution in [1.29, 1.82) is 0 Å². The van der Waals surface area contributed by atoms with Gasteiger partial charge < -0.3 is 5.21 Å². The zero-order valence-corrected chi connectivity index (χ0v) is 8.11. The number of rotatable bonds is 0. The van der Waals surface area contributed by atoms with Gasteiger partial charge in [-0.15, -0.1) is 0 Å². The zero-order valence-electron chi connectivity index (χ0n) is 8.11. The fourth-order valence-corrected chi connectivity index (χ4v) is 2.76. The lowest BCUT2D eigenvalue weighted by Gasteiger charge is -2.36. The average Bonchev–Trinajstić information content (AvgIpc) is 2.16. The van der Waals surface area contributed by atoms with Crippen molar-refractivity contribution in [3.8, 4) is 0 Å². The lowest BCUT2D eigenvalue weighted by molar-refractivity contribution is 0.262. The van der Waals surface area contributed by atoms with Crippen molar-refractivity contribution in [2.24, 2.45) is 22.9 Å². The summed E-state index contributed by atoms with van der Waals surface area (Å²) in [6.45, 7) is 2.25. The van der Waals surface area contributed by atoms with Crippen LogP contribution in [0.2, 0.25) is 0 Å². The second kappa shape index (κ2) is 3.52. The number of hydrogen-bond acceptors (Lipinski definition) is 2. The third-order valence-corrected chi connectivity index (χ3v) is 3.38. The number of allylic oxidation sites excluding steroid dienone is 2. The van der Waals surface area contributed by atoms with Crippen molar-refractivity contribution >= 4 is 5.71 Å². The first kappa shape index (κ1) is 8.79. The van der Waals surface area contributed by atoms with E-state index in [9.17, 15) is 0 Å². The summed E-state index contributed by atoms with van der Waals surface area (Å²) in [5, 5.41) is 12.4. The van der Waals surface area contributed by atoms with Crippen LogP contribution in [0.4, 0.5) is 0 Å². The largest absolute Gasteiger partial charge is 0.411 e. The Morgan fingerprint density at radius 3 is 2.92 bits per heavy atom. The minimum Gasteiger partial charge on any atom is -0.411 e. The van der Waals surface area contributed by atoms with E-state index in [2.05, 4.69) is 24.2 Å². The van der Waals surface area contributed by atoms with Crippen molar-refractivity contribution in [1.82, 2.24) is 0 Å². The van der Waals surface area contributed by atoms with E-state index in [1.807, 2.05) is 0 Å². The maximum absolute atomic E-state index is 8.91. The highest BCUT2D eigenvalue weighted by Crippen LogP contribution is 2.38. The topological polar surface area (TPSA) is 32.6 Å². The molecule has 0 amide bonds. The summed E-state index contributed by atoms with van der Waals surface area (Å²) in [6.07, 6.45) is 9.04. The molecule has 0 aromatic rings. The van der Waals surface area contributed by atoms with Gasteiger partial charge in [0.25, 0.3) is 0 Å². The summed E-state index contributed by atoms with van der Waals surface area (Å²) in [5.74, 6) is 1.96. The third kappa shape index (κ3) is 1.62. The highest BCUT2D eigenvalue weighted by molar-refractivity contribution is 5.87. The number of nitrogens with zero attached hydrogens (tertiary/aromatic N) is 1. The molecule has 2 rings (SSSR count). The Morgan fingerprint density at radius 2 is 2.15 bits per heavy atom. The normalized spacial score (nSPS) is 41.9. The number of fused-ring (bicyclic) bond motifs is 1. The van der Waals surface area contributed by atoms with Gasteiger partial charge in [0.2, 0.25) is 0 Å². The van der Waals surface area contributed by atoms with Crippen molar-refractivity contribution in [3.05, 3.63) is 12.2 Å². The molecule has 1 N–H and O–H groups in total. The van der Waals surface area contributed by atoms with E-state index >= 15 is 0 Å². The van der Waals surface area contributed by atoms with Crippen LogP contribution in [0.15, 0.2) is 17.3 Å². The molecule has 2 heteroatoms. The molecule has 0 spiro atoms. The Morgan fingerprint density at radius 1 is 1.38 bits per heavy atom. The van der Waals surface area contributed by atoms with E-state index in [-0.39, 0.29) is 0 Å². The molecule has 0 heterocycles. The number of hydrogen-bond donors (Lipinski definition) is 1. The van der Waals surface area contributed by atoms with Crippen molar-refractivity contribution in [2.75, 3.05) is 0 Å². The van der Waals surface area contributed by atoms with Crippen LogP contribution in [0.25, 0.3) is 0 Å². The fraction of sp³-hybridized carbons (Fsp3) is 0.727. The Balaban J connectivity index is 2.18. The molecular formula is C11H17NO. The third-order valence-electron chi connectivity index (χ3n) is 3.38. The Labute approximate surface area is 79.3 Å². The molecule has 0 aromatic carbocycles. The van der Waals surface area contributed by atoms with Gasteiger partial charge in [-0.3, -0.25) is 0 Å². The Bertz CT molecular complexity index is 244. The van der Waals surface area contributed by atoms with E-state index in [4.69, 9.17) is 5.21 Å². The van der Waals surface area contributed by atoms with Gasteiger partial charge in [0, 0.05) is 5.92 Å². The second-order valence-corrected chi connectivity index (χ2v) is 4.45. The van der Waals surface area contributed by atoms with Gasteiger partial charge in [-0.05, 0) is 37.5 Å². The predicted molar refractivity (Wildman–Crippen MR) is 53.0 cm³/mol. The minimum atomic E-state index is 0.534. The molecule has 0 saturated heterocycles.